The number of methoxy groups -OCH3 is 1. The molecule has 8 nitrogen and oxygen atoms in total. The summed E-state index contributed by atoms with van der Waals surface area (Å²) in [4.78, 5) is 26.5. The minimum Gasteiger partial charge on any atom is -0.494 e. The Kier molecular flexibility index (Phi) is 7.94. The molecule has 1 atom stereocenters. The third-order valence-electron chi connectivity index (χ3n) is 5.39. The van der Waals surface area contributed by atoms with Gasteiger partial charge in [0.05, 0.1) is 36.9 Å². The molecule has 3 aromatic rings. The number of hydrogen-bond acceptors (Lipinski definition) is 5. The van der Waals surface area contributed by atoms with E-state index < -0.39 is 37.3 Å². The first-order valence-electron chi connectivity index (χ1n) is 10.8. The van der Waals surface area contributed by atoms with Crippen LogP contribution in [0, 0.1) is 6.92 Å². The van der Waals surface area contributed by atoms with Crippen LogP contribution in [-0.2, 0) is 6.54 Å². The SMILES string of the molecule is CCN(Cc1cc(-c2cn3ccnc3c(C)n2)c(OC)cn1)C(=O)NC(CCC(F)(F)F)C(F)(F)F. The second-order valence-corrected chi connectivity index (χ2v) is 7.96. The fraction of sp³-hybridized carbons (Fsp3) is 0.455. The van der Waals surface area contributed by atoms with Crippen LogP contribution in [0.1, 0.15) is 31.2 Å². The molecule has 0 aromatic carbocycles. The molecule has 36 heavy (non-hydrogen) atoms. The van der Waals surface area contributed by atoms with Gasteiger partial charge >= 0.3 is 18.4 Å². The summed E-state index contributed by atoms with van der Waals surface area (Å²) >= 11 is 0. The lowest BCUT2D eigenvalue weighted by Gasteiger charge is -2.27. The van der Waals surface area contributed by atoms with Gasteiger partial charge in [-0.3, -0.25) is 4.98 Å². The predicted octanol–water partition coefficient (Wildman–Crippen LogP) is 4.91. The van der Waals surface area contributed by atoms with E-state index in [0.29, 0.717) is 34.0 Å². The number of imidazole rings is 1. The molecule has 0 saturated heterocycles. The summed E-state index contributed by atoms with van der Waals surface area (Å²) in [5, 5.41) is 1.68. The van der Waals surface area contributed by atoms with Crippen LogP contribution in [-0.4, -0.2) is 62.3 Å². The van der Waals surface area contributed by atoms with Gasteiger partial charge in [-0.2, -0.15) is 26.3 Å². The van der Waals surface area contributed by atoms with E-state index in [9.17, 15) is 31.1 Å². The number of alkyl halides is 6. The van der Waals surface area contributed by atoms with E-state index in [2.05, 4.69) is 15.0 Å². The predicted molar refractivity (Wildman–Crippen MR) is 117 cm³/mol. The normalized spacial score (nSPS) is 13.0. The fourth-order valence-corrected chi connectivity index (χ4v) is 3.54. The minimum atomic E-state index is -5.04. The number of nitrogens with one attached hydrogen (secondary N) is 1. The van der Waals surface area contributed by atoms with Crippen molar-refractivity contribution in [2.75, 3.05) is 13.7 Å². The van der Waals surface area contributed by atoms with E-state index in [-0.39, 0.29) is 13.1 Å². The van der Waals surface area contributed by atoms with Gasteiger partial charge < -0.3 is 19.4 Å². The quantitative estimate of drug-likeness (QED) is 0.429. The molecule has 3 heterocycles. The molecule has 1 N–H and O–H groups in total. The van der Waals surface area contributed by atoms with Crippen LogP contribution >= 0.6 is 0 Å². The molecular formula is C22H24F6N6O2. The highest BCUT2D eigenvalue weighted by atomic mass is 19.4. The number of aromatic nitrogens is 4. The standard InChI is InChI=1S/C22H24F6N6O2/c1-4-33(20(35)32-18(22(26,27)28)5-6-21(23,24)25)11-14-9-15(17(36-3)10-30-14)16-12-34-8-7-29-19(34)13(2)31-16/h7-10,12,18H,4-6,11H2,1-3H3,(H,32,35). The molecule has 14 heteroatoms. The fourth-order valence-electron chi connectivity index (χ4n) is 3.54. The zero-order valence-corrected chi connectivity index (χ0v) is 19.6. The molecule has 3 rings (SSSR count). The van der Waals surface area contributed by atoms with Gasteiger partial charge in [0.25, 0.3) is 0 Å². The Morgan fingerprint density at radius 2 is 1.94 bits per heavy atom. The number of halogens is 6. The largest absolute Gasteiger partial charge is 0.494 e. The number of aryl methyl sites for hydroxylation is 1. The van der Waals surface area contributed by atoms with Crippen molar-refractivity contribution in [2.45, 2.75) is 51.6 Å². The van der Waals surface area contributed by atoms with Crippen LogP contribution < -0.4 is 10.1 Å². The van der Waals surface area contributed by atoms with Crippen molar-refractivity contribution in [3.63, 3.8) is 0 Å². The van der Waals surface area contributed by atoms with Gasteiger partial charge in [-0.05, 0) is 26.3 Å². The lowest BCUT2D eigenvalue weighted by atomic mass is 10.1. The van der Waals surface area contributed by atoms with Crippen molar-refractivity contribution in [1.29, 1.82) is 0 Å². The number of pyridine rings is 1. The molecule has 196 valence electrons. The van der Waals surface area contributed by atoms with Gasteiger partial charge in [0.15, 0.2) is 5.65 Å². The summed E-state index contributed by atoms with van der Waals surface area (Å²) in [5.74, 6) is 0.377. The lowest BCUT2D eigenvalue weighted by Crippen LogP contribution is -2.50. The number of nitrogens with zero attached hydrogens (tertiary/aromatic N) is 5. The van der Waals surface area contributed by atoms with E-state index >= 15 is 0 Å². The van der Waals surface area contributed by atoms with Crippen molar-refractivity contribution in [3.8, 4) is 17.0 Å². The van der Waals surface area contributed by atoms with E-state index in [1.807, 2.05) is 0 Å². The first kappa shape index (κ1) is 27.0. The van der Waals surface area contributed by atoms with E-state index in [1.54, 1.807) is 41.3 Å². The van der Waals surface area contributed by atoms with Crippen LogP contribution in [0.3, 0.4) is 0 Å². The van der Waals surface area contributed by atoms with Gasteiger partial charge in [0.1, 0.15) is 11.8 Å². The Bertz CT molecular complexity index is 1210. The summed E-state index contributed by atoms with van der Waals surface area (Å²) in [6.07, 6.45) is -6.35. The summed E-state index contributed by atoms with van der Waals surface area (Å²) in [7, 11) is 1.44. The zero-order chi connectivity index (χ0) is 26.7. The molecule has 3 aromatic heterocycles. The third kappa shape index (κ3) is 6.55. The number of hydrogen-bond donors (Lipinski definition) is 1. The first-order chi connectivity index (χ1) is 16.8. The van der Waals surface area contributed by atoms with E-state index in [1.165, 1.54) is 20.2 Å². The van der Waals surface area contributed by atoms with Crippen molar-refractivity contribution >= 4 is 11.7 Å². The molecule has 0 spiro atoms. The van der Waals surface area contributed by atoms with Gasteiger partial charge in [-0.1, -0.05) is 0 Å². The molecule has 0 fully saturated rings. The molecule has 0 bridgehead atoms. The second-order valence-electron chi connectivity index (χ2n) is 7.96. The number of rotatable bonds is 8. The summed E-state index contributed by atoms with van der Waals surface area (Å²) in [6, 6.07) is -2.21. The lowest BCUT2D eigenvalue weighted by molar-refractivity contribution is -0.171. The first-order valence-corrected chi connectivity index (χ1v) is 10.8. The maximum Gasteiger partial charge on any atom is 0.408 e. The molecule has 1 unspecified atom stereocenters. The highest BCUT2D eigenvalue weighted by Crippen LogP contribution is 2.31. The average molecular weight is 518 g/mol. The smallest absolute Gasteiger partial charge is 0.408 e. The van der Waals surface area contributed by atoms with Crippen LogP contribution in [0.4, 0.5) is 31.1 Å². The second kappa shape index (κ2) is 10.6. The average Bonchev–Trinajstić information content (AvgIpc) is 3.28. The number of carbonyl (C=O) groups is 1. The molecule has 0 aliphatic rings. The molecule has 0 saturated carbocycles. The zero-order valence-electron chi connectivity index (χ0n) is 19.6. The minimum absolute atomic E-state index is 0.0168. The van der Waals surface area contributed by atoms with Crippen molar-refractivity contribution in [1.82, 2.24) is 29.6 Å². The molecule has 0 aliphatic carbocycles. The third-order valence-corrected chi connectivity index (χ3v) is 5.39. The number of urea groups is 1. The Morgan fingerprint density at radius 1 is 1.22 bits per heavy atom. The van der Waals surface area contributed by atoms with Crippen LogP contribution in [0.15, 0.2) is 30.9 Å². The van der Waals surface area contributed by atoms with Gasteiger partial charge in [0, 0.05) is 37.1 Å². The molecule has 0 radical (unpaired) electrons. The van der Waals surface area contributed by atoms with Gasteiger partial charge in [-0.25, -0.2) is 14.8 Å². The highest BCUT2D eigenvalue weighted by molar-refractivity contribution is 5.75. The van der Waals surface area contributed by atoms with Crippen molar-refractivity contribution in [3.05, 3.63) is 42.2 Å². The van der Waals surface area contributed by atoms with Gasteiger partial charge in [0.2, 0.25) is 0 Å². The Hall–Kier alpha value is -3.58. The van der Waals surface area contributed by atoms with Crippen LogP contribution in [0.25, 0.3) is 16.9 Å². The van der Waals surface area contributed by atoms with Crippen molar-refractivity contribution < 1.29 is 35.9 Å². The Morgan fingerprint density at radius 3 is 2.56 bits per heavy atom. The highest BCUT2D eigenvalue weighted by Gasteiger charge is 2.43. The van der Waals surface area contributed by atoms with Gasteiger partial charge in [-0.15, -0.1) is 0 Å². The monoisotopic (exact) mass is 518 g/mol. The van der Waals surface area contributed by atoms with Crippen LogP contribution in [0.2, 0.25) is 0 Å². The van der Waals surface area contributed by atoms with E-state index in [4.69, 9.17) is 4.74 Å². The molecule has 2 amide bonds. The number of carbonyl (C=O) groups excluding carboxylic acids is 1. The number of amides is 2. The van der Waals surface area contributed by atoms with Crippen molar-refractivity contribution in [2.24, 2.45) is 0 Å². The number of ether oxygens (including phenoxy) is 1. The van der Waals surface area contributed by atoms with E-state index in [0.717, 1.165) is 4.90 Å². The molecular weight excluding hydrogens is 494 g/mol. The maximum absolute atomic E-state index is 13.3. The summed E-state index contributed by atoms with van der Waals surface area (Å²) in [5.41, 5.74) is 2.65. The number of fused-ring (bicyclic) bond motifs is 1. The van der Waals surface area contributed by atoms with Crippen LogP contribution in [0.5, 0.6) is 5.75 Å². The summed E-state index contributed by atoms with van der Waals surface area (Å²) in [6.45, 7) is 3.09. The topological polar surface area (TPSA) is 84.7 Å². The Balaban J connectivity index is 1.83. The Labute approximate surface area is 202 Å². The summed E-state index contributed by atoms with van der Waals surface area (Å²) < 4.78 is 84.3. The molecule has 0 aliphatic heterocycles. The maximum atomic E-state index is 13.3.